The number of unbranched alkanes of at least 4 members (excludes halogenated alkanes) is 6. The maximum atomic E-state index is 5.83. The van der Waals surface area contributed by atoms with Crippen molar-refractivity contribution in [2.24, 2.45) is 0 Å². The summed E-state index contributed by atoms with van der Waals surface area (Å²) < 4.78 is 16.9. The lowest BCUT2D eigenvalue weighted by atomic mass is 10.0. The second-order valence-corrected chi connectivity index (χ2v) is 7.36. The van der Waals surface area contributed by atoms with Crippen LogP contribution >= 0.6 is 0 Å². The number of para-hydroxylation sites is 2. The van der Waals surface area contributed by atoms with Crippen molar-refractivity contribution in [1.29, 1.82) is 0 Å². The number of ether oxygens (including phenoxy) is 3. The van der Waals surface area contributed by atoms with Gasteiger partial charge in [-0.25, -0.2) is 0 Å². The van der Waals surface area contributed by atoms with Gasteiger partial charge in [-0.3, -0.25) is 0 Å². The van der Waals surface area contributed by atoms with Crippen LogP contribution in [-0.4, -0.2) is 26.4 Å². The first kappa shape index (κ1) is 23.1. The lowest BCUT2D eigenvalue weighted by Gasteiger charge is -2.10. The molecule has 4 nitrogen and oxygen atoms in total. The SMILES string of the molecule is CCCCCCCCCc1ccc(OCCOCCOc2ccccc2N)cc1. The number of nitrogens with two attached hydrogens (primary N) is 1. The van der Waals surface area contributed by atoms with Gasteiger partial charge in [0.1, 0.15) is 24.7 Å². The van der Waals surface area contributed by atoms with Crippen molar-refractivity contribution < 1.29 is 14.2 Å². The molecule has 0 bridgehead atoms. The maximum absolute atomic E-state index is 5.83. The minimum atomic E-state index is 0.474. The summed E-state index contributed by atoms with van der Waals surface area (Å²) in [7, 11) is 0. The van der Waals surface area contributed by atoms with E-state index in [1.165, 1.54) is 50.5 Å². The van der Waals surface area contributed by atoms with Gasteiger partial charge in [-0.15, -0.1) is 0 Å². The molecule has 0 fully saturated rings. The molecule has 0 spiro atoms. The lowest BCUT2D eigenvalue weighted by Crippen LogP contribution is -2.12. The van der Waals surface area contributed by atoms with Gasteiger partial charge in [0.25, 0.3) is 0 Å². The van der Waals surface area contributed by atoms with Crippen LogP contribution in [0.1, 0.15) is 57.4 Å². The molecule has 2 aromatic rings. The van der Waals surface area contributed by atoms with Crippen LogP contribution in [0.4, 0.5) is 5.69 Å². The van der Waals surface area contributed by atoms with Crippen molar-refractivity contribution in [1.82, 2.24) is 0 Å². The largest absolute Gasteiger partial charge is 0.491 e. The molecule has 0 heterocycles. The van der Waals surface area contributed by atoms with Crippen LogP contribution < -0.4 is 15.2 Å². The van der Waals surface area contributed by atoms with E-state index in [1.807, 2.05) is 24.3 Å². The quantitative estimate of drug-likeness (QED) is 0.276. The smallest absolute Gasteiger partial charge is 0.142 e. The van der Waals surface area contributed by atoms with Crippen molar-refractivity contribution in [2.45, 2.75) is 58.3 Å². The van der Waals surface area contributed by atoms with Gasteiger partial charge in [-0.2, -0.15) is 0 Å². The van der Waals surface area contributed by atoms with Crippen molar-refractivity contribution >= 4 is 5.69 Å². The topological polar surface area (TPSA) is 53.7 Å². The predicted molar refractivity (Wildman–Crippen MR) is 121 cm³/mol. The van der Waals surface area contributed by atoms with Gasteiger partial charge in [0.15, 0.2) is 0 Å². The van der Waals surface area contributed by atoms with Crippen molar-refractivity contribution in [3.05, 3.63) is 54.1 Å². The normalized spacial score (nSPS) is 10.8. The molecular formula is C25H37NO3. The monoisotopic (exact) mass is 399 g/mol. The van der Waals surface area contributed by atoms with Crippen LogP contribution in [0.5, 0.6) is 11.5 Å². The Labute approximate surface area is 176 Å². The third-order valence-electron chi connectivity index (χ3n) is 4.89. The molecule has 0 aliphatic heterocycles. The first-order chi connectivity index (χ1) is 14.3. The van der Waals surface area contributed by atoms with E-state index in [-0.39, 0.29) is 0 Å². The molecule has 2 N–H and O–H groups in total. The Balaban J connectivity index is 1.48. The Morgan fingerprint density at radius 2 is 1.34 bits per heavy atom. The third kappa shape index (κ3) is 10.2. The zero-order chi connectivity index (χ0) is 20.6. The molecule has 4 heteroatoms. The molecule has 0 aliphatic rings. The van der Waals surface area contributed by atoms with E-state index in [2.05, 4.69) is 31.2 Å². The number of benzene rings is 2. The van der Waals surface area contributed by atoms with Crippen LogP contribution in [-0.2, 0) is 11.2 Å². The van der Waals surface area contributed by atoms with Gasteiger partial charge in [0.2, 0.25) is 0 Å². The number of anilines is 1. The molecule has 0 saturated heterocycles. The number of aryl methyl sites for hydroxylation is 1. The molecule has 0 saturated carbocycles. The maximum Gasteiger partial charge on any atom is 0.142 e. The Kier molecular flexibility index (Phi) is 11.7. The fourth-order valence-electron chi connectivity index (χ4n) is 3.18. The molecule has 2 aromatic carbocycles. The second kappa shape index (κ2) is 14.7. The summed E-state index contributed by atoms with van der Waals surface area (Å²) in [5, 5.41) is 0. The Bertz CT molecular complexity index is 657. The molecule has 29 heavy (non-hydrogen) atoms. The molecular weight excluding hydrogens is 362 g/mol. The first-order valence-electron chi connectivity index (χ1n) is 11.1. The highest BCUT2D eigenvalue weighted by atomic mass is 16.5. The van der Waals surface area contributed by atoms with Crippen molar-refractivity contribution in [2.75, 3.05) is 32.2 Å². The molecule has 0 radical (unpaired) electrons. The molecule has 2 rings (SSSR count). The fraction of sp³-hybridized carbons (Fsp3) is 0.520. The van der Waals surface area contributed by atoms with E-state index in [0.717, 1.165) is 12.2 Å². The molecule has 0 aromatic heterocycles. The minimum Gasteiger partial charge on any atom is -0.491 e. The molecule has 0 atom stereocenters. The number of rotatable bonds is 16. The molecule has 0 unspecified atom stereocenters. The van der Waals surface area contributed by atoms with Gasteiger partial charge < -0.3 is 19.9 Å². The van der Waals surface area contributed by atoms with E-state index in [1.54, 1.807) is 0 Å². The van der Waals surface area contributed by atoms with Crippen molar-refractivity contribution in [3.8, 4) is 11.5 Å². The summed E-state index contributed by atoms with van der Waals surface area (Å²) in [6, 6.07) is 15.9. The van der Waals surface area contributed by atoms with Crippen LogP contribution in [0, 0.1) is 0 Å². The summed E-state index contributed by atoms with van der Waals surface area (Å²) in [5.41, 5.74) is 7.86. The number of hydrogen-bond acceptors (Lipinski definition) is 4. The summed E-state index contributed by atoms with van der Waals surface area (Å²) in [6.45, 7) is 4.31. The standard InChI is InChI=1S/C25H37NO3/c1-2-3-4-5-6-7-8-11-22-14-16-23(17-15-22)28-20-18-27-19-21-29-25-13-10-9-12-24(25)26/h9-10,12-17H,2-8,11,18-21,26H2,1H3. The van der Waals surface area contributed by atoms with E-state index < -0.39 is 0 Å². The molecule has 160 valence electrons. The van der Waals surface area contributed by atoms with E-state index >= 15 is 0 Å². The first-order valence-corrected chi connectivity index (χ1v) is 11.1. The number of hydrogen-bond donors (Lipinski definition) is 1. The highest BCUT2D eigenvalue weighted by Gasteiger charge is 1.99. The van der Waals surface area contributed by atoms with E-state index in [0.29, 0.717) is 37.9 Å². The highest BCUT2D eigenvalue weighted by molar-refractivity contribution is 5.51. The van der Waals surface area contributed by atoms with Gasteiger partial charge in [-0.1, -0.05) is 69.7 Å². The van der Waals surface area contributed by atoms with Crippen LogP contribution in [0.2, 0.25) is 0 Å². The summed E-state index contributed by atoms with van der Waals surface area (Å²) in [6.07, 6.45) is 10.6. The fourth-order valence-corrected chi connectivity index (χ4v) is 3.18. The third-order valence-corrected chi connectivity index (χ3v) is 4.89. The summed E-state index contributed by atoms with van der Waals surface area (Å²) in [5.74, 6) is 1.59. The minimum absolute atomic E-state index is 0.474. The highest BCUT2D eigenvalue weighted by Crippen LogP contribution is 2.19. The number of nitrogen functional groups attached to an aromatic ring is 1. The van der Waals surface area contributed by atoms with Crippen LogP contribution in [0.25, 0.3) is 0 Å². The second-order valence-electron chi connectivity index (χ2n) is 7.36. The zero-order valence-corrected chi connectivity index (χ0v) is 17.9. The van der Waals surface area contributed by atoms with Gasteiger partial charge >= 0.3 is 0 Å². The lowest BCUT2D eigenvalue weighted by molar-refractivity contribution is 0.0766. The Morgan fingerprint density at radius 3 is 2.07 bits per heavy atom. The predicted octanol–water partition coefficient (Wildman–Crippen LogP) is 6.04. The Morgan fingerprint density at radius 1 is 0.690 bits per heavy atom. The van der Waals surface area contributed by atoms with E-state index in [9.17, 15) is 0 Å². The average Bonchev–Trinajstić information content (AvgIpc) is 2.74. The van der Waals surface area contributed by atoms with Crippen LogP contribution in [0.15, 0.2) is 48.5 Å². The molecule has 0 amide bonds. The van der Waals surface area contributed by atoms with Crippen LogP contribution in [0.3, 0.4) is 0 Å². The van der Waals surface area contributed by atoms with E-state index in [4.69, 9.17) is 19.9 Å². The van der Waals surface area contributed by atoms with Gasteiger partial charge in [0, 0.05) is 0 Å². The Hall–Kier alpha value is -2.20. The average molecular weight is 400 g/mol. The van der Waals surface area contributed by atoms with Crippen molar-refractivity contribution in [3.63, 3.8) is 0 Å². The van der Waals surface area contributed by atoms with Gasteiger partial charge in [-0.05, 0) is 42.7 Å². The zero-order valence-electron chi connectivity index (χ0n) is 17.9. The van der Waals surface area contributed by atoms with Gasteiger partial charge in [0.05, 0.1) is 18.9 Å². The molecule has 0 aliphatic carbocycles. The summed E-state index contributed by atoms with van der Waals surface area (Å²) >= 11 is 0. The summed E-state index contributed by atoms with van der Waals surface area (Å²) in [4.78, 5) is 0.